The van der Waals surface area contributed by atoms with Crippen molar-refractivity contribution < 1.29 is 19.2 Å². The van der Waals surface area contributed by atoms with Gasteiger partial charge in [-0.3, -0.25) is 0 Å². The molecular weight excluding hydrogens is 528 g/mol. The molecule has 0 bridgehead atoms. The van der Waals surface area contributed by atoms with Crippen LogP contribution in [0.3, 0.4) is 0 Å². The molecular formula is C34H46N2O4Si. The number of rotatable bonds is 11. The van der Waals surface area contributed by atoms with Gasteiger partial charge in [-0.25, -0.2) is 4.79 Å². The van der Waals surface area contributed by atoms with E-state index in [1.54, 1.807) is 6.08 Å². The molecule has 1 amide bonds. The van der Waals surface area contributed by atoms with Crippen LogP contribution in [0.2, 0.25) is 5.04 Å². The molecule has 3 aromatic carbocycles. The third-order valence-electron chi connectivity index (χ3n) is 7.11. The van der Waals surface area contributed by atoms with Crippen LogP contribution in [0.4, 0.5) is 4.79 Å². The zero-order chi connectivity index (χ0) is 30.3. The second-order valence-electron chi connectivity index (χ2n) is 12.5. The fourth-order valence-corrected chi connectivity index (χ4v) is 10.0. The first-order chi connectivity index (χ1) is 19.3. The summed E-state index contributed by atoms with van der Waals surface area (Å²) < 4.78 is 13.0. The van der Waals surface area contributed by atoms with Crippen LogP contribution in [-0.4, -0.2) is 48.5 Å². The molecule has 0 aliphatic heterocycles. The number of ether oxygens (including phenoxy) is 1. The SMILES string of the molecule is C=C[C@H]([C@@H](NC(=O)OC(C)(C)C)[C@@H](C)O[Si](c1ccccc1)(c1ccccc1)C(C)(C)C)N(O)Cc1ccccc1. The van der Waals surface area contributed by atoms with E-state index in [-0.39, 0.29) is 11.6 Å². The van der Waals surface area contributed by atoms with E-state index in [0.29, 0.717) is 0 Å². The summed E-state index contributed by atoms with van der Waals surface area (Å²) in [5.74, 6) is 0. The van der Waals surface area contributed by atoms with Gasteiger partial charge in [-0.15, -0.1) is 6.58 Å². The Morgan fingerprint density at radius 3 is 1.78 bits per heavy atom. The van der Waals surface area contributed by atoms with E-state index in [4.69, 9.17) is 9.16 Å². The standard InChI is InChI=1S/C34H46N2O4Si/c1-9-30(36(38)25-27-19-13-10-14-20-27)31(35-32(37)39-33(3,4)5)26(2)40-41(34(6,7)8,28-21-15-11-16-22-28)29-23-17-12-18-24-29/h9-24,26,30-31,38H,1,25H2,2-8H3,(H,35,37)/t26-,30-,31+/m1/s1. The second kappa shape index (κ2) is 13.6. The number of hydrogen-bond acceptors (Lipinski definition) is 5. The first-order valence-electron chi connectivity index (χ1n) is 14.2. The minimum Gasteiger partial charge on any atom is -0.444 e. The predicted octanol–water partition coefficient (Wildman–Crippen LogP) is 6.29. The Balaban J connectivity index is 2.09. The molecule has 41 heavy (non-hydrogen) atoms. The Kier molecular flexibility index (Phi) is 10.7. The van der Waals surface area contributed by atoms with Crippen molar-refractivity contribution >= 4 is 24.8 Å². The van der Waals surface area contributed by atoms with Crippen molar-refractivity contribution in [3.63, 3.8) is 0 Å². The monoisotopic (exact) mass is 574 g/mol. The molecule has 3 aromatic rings. The van der Waals surface area contributed by atoms with Crippen molar-refractivity contribution in [2.24, 2.45) is 0 Å². The van der Waals surface area contributed by atoms with Gasteiger partial charge in [0.1, 0.15) is 5.60 Å². The van der Waals surface area contributed by atoms with E-state index >= 15 is 0 Å². The van der Waals surface area contributed by atoms with Gasteiger partial charge in [0.15, 0.2) is 0 Å². The van der Waals surface area contributed by atoms with E-state index in [2.05, 4.69) is 56.9 Å². The fraction of sp³-hybridized carbons (Fsp3) is 0.382. The highest BCUT2D eigenvalue weighted by Crippen LogP contribution is 2.38. The number of benzene rings is 3. The molecule has 0 fully saturated rings. The van der Waals surface area contributed by atoms with E-state index in [9.17, 15) is 10.0 Å². The van der Waals surface area contributed by atoms with Gasteiger partial charge in [0.05, 0.1) is 18.2 Å². The Morgan fingerprint density at radius 1 is 0.902 bits per heavy atom. The van der Waals surface area contributed by atoms with Gasteiger partial charge in [-0.1, -0.05) is 118 Å². The van der Waals surface area contributed by atoms with E-state index in [1.165, 1.54) is 5.06 Å². The maximum atomic E-state index is 13.2. The van der Waals surface area contributed by atoms with Crippen molar-refractivity contribution in [2.45, 2.75) is 83.8 Å². The van der Waals surface area contributed by atoms with Crippen molar-refractivity contribution in [3.05, 3.63) is 109 Å². The Bertz CT molecular complexity index is 1200. The van der Waals surface area contributed by atoms with Gasteiger partial charge in [-0.2, -0.15) is 5.06 Å². The van der Waals surface area contributed by atoms with Gasteiger partial charge in [-0.05, 0) is 48.7 Å². The molecule has 0 saturated carbocycles. The summed E-state index contributed by atoms with van der Waals surface area (Å²) in [6.07, 6.45) is 0.526. The summed E-state index contributed by atoms with van der Waals surface area (Å²) in [6.45, 7) is 18.3. The topological polar surface area (TPSA) is 71.0 Å². The van der Waals surface area contributed by atoms with E-state index < -0.39 is 38.2 Å². The summed E-state index contributed by atoms with van der Waals surface area (Å²) in [7, 11) is -2.97. The van der Waals surface area contributed by atoms with Gasteiger partial charge in [0.2, 0.25) is 0 Å². The summed E-state index contributed by atoms with van der Waals surface area (Å²) in [4.78, 5) is 13.2. The van der Waals surface area contributed by atoms with E-state index in [1.807, 2.05) is 94.4 Å². The molecule has 7 heteroatoms. The molecule has 0 unspecified atom stereocenters. The van der Waals surface area contributed by atoms with Crippen LogP contribution in [0, 0.1) is 0 Å². The van der Waals surface area contributed by atoms with Crippen LogP contribution >= 0.6 is 0 Å². The Morgan fingerprint density at radius 2 is 1.37 bits per heavy atom. The smallest absolute Gasteiger partial charge is 0.408 e. The Labute approximate surface area is 247 Å². The summed E-state index contributed by atoms with van der Waals surface area (Å²) in [5.41, 5.74) is 0.238. The molecule has 3 rings (SSSR count). The molecule has 0 aromatic heterocycles. The molecule has 0 saturated heterocycles. The van der Waals surface area contributed by atoms with E-state index in [0.717, 1.165) is 15.9 Å². The lowest BCUT2D eigenvalue weighted by Gasteiger charge is -2.47. The maximum absolute atomic E-state index is 13.2. The first kappa shape index (κ1) is 32.3. The van der Waals surface area contributed by atoms with Crippen molar-refractivity contribution in [1.29, 1.82) is 0 Å². The largest absolute Gasteiger partial charge is 0.444 e. The number of carbonyl (C=O) groups is 1. The molecule has 0 aliphatic carbocycles. The summed E-state index contributed by atoms with van der Waals surface area (Å²) in [5, 5.41) is 17.6. The second-order valence-corrected chi connectivity index (χ2v) is 16.7. The number of carbonyl (C=O) groups excluding carboxylic acids is 1. The maximum Gasteiger partial charge on any atom is 0.408 e. The van der Waals surface area contributed by atoms with Crippen molar-refractivity contribution in [1.82, 2.24) is 10.4 Å². The van der Waals surface area contributed by atoms with Crippen LogP contribution in [-0.2, 0) is 15.7 Å². The normalized spacial score (nSPS) is 14.7. The predicted molar refractivity (Wildman–Crippen MR) is 169 cm³/mol. The molecule has 0 aliphatic rings. The Hall–Kier alpha value is -3.23. The van der Waals surface area contributed by atoms with Gasteiger partial charge in [0, 0.05) is 6.54 Å². The van der Waals surface area contributed by atoms with Crippen molar-refractivity contribution in [3.8, 4) is 0 Å². The molecule has 6 nitrogen and oxygen atoms in total. The number of nitrogens with zero attached hydrogens (tertiary/aromatic N) is 1. The average molecular weight is 575 g/mol. The summed E-state index contributed by atoms with van der Waals surface area (Å²) >= 11 is 0. The highest BCUT2D eigenvalue weighted by molar-refractivity contribution is 6.99. The number of hydroxylamine groups is 2. The lowest BCUT2D eigenvalue weighted by molar-refractivity contribution is -0.136. The minimum absolute atomic E-state index is 0.246. The molecule has 3 atom stereocenters. The minimum atomic E-state index is -2.97. The molecule has 0 spiro atoms. The molecule has 2 N–H and O–H groups in total. The number of nitrogens with one attached hydrogen (secondary N) is 1. The van der Waals surface area contributed by atoms with Crippen LogP contribution in [0.5, 0.6) is 0 Å². The lowest BCUT2D eigenvalue weighted by Crippen LogP contribution is -2.69. The van der Waals surface area contributed by atoms with Crippen LogP contribution < -0.4 is 15.7 Å². The summed E-state index contributed by atoms with van der Waals surface area (Å²) in [6, 6.07) is 29.0. The molecule has 0 radical (unpaired) electrons. The highest BCUT2D eigenvalue weighted by atomic mass is 28.4. The van der Waals surface area contributed by atoms with Gasteiger partial charge in [0.25, 0.3) is 8.32 Å². The zero-order valence-electron chi connectivity index (χ0n) is 25.5. The average Bonchev–Trinajstić information content (AvgIpc) is 2.91. The number of alkyl carbamates (subject to hydrolysis) is 1. The number of hydrogen-bond donors (Lipinski definition) is 2. The van der Waals surface area contributed by atoms with Crippen LogP contribution in [0.15, 0.2) is 104 Å². The highest BCUT2D eigenvalue weighted by Gasteiger charge is 2.52. The molecule has 0 heterocycles. The zero-order valence-corrected chi connectivity index (χ0v) is 26.5. The third kappa shape index (κ3) is 8.17. The first-order valence-corrected chi connectivity index (χ1v) is 16.1. The quantitative estimate of drug-likeness (QED) is 0.160. The van der Waals surface area contributed by atoms with Crippen LogP contribution in [0.25, 0.3) is 0 Å². The third-order valence-corrected chi connectivity index (χ3v) is 12.2. The lowest BCUT2D eigenvalue weighted by atomic mass is 10.0. The fourth-order valence-electron chi connectivity index (χ4n) is 5.30. The van der Waals surface area contributed by atoms with Crippen LogP contribution in [0.1, 0.15) is 54.0 Å². The molecule has 220 valence electrons. The number of amides is 1. The van der Waals surface area contributed by atoms with Gasteiger partial charge < -0.3 is 19.7 Å². The van der Waals surface area contributed by atoms with Crippen molar-refractivity contribution in [2.75, 3.05) is 0 Å². The van der Waals surface area contributed by atoms with Gasteiger partial charge >= 0.3 is 6.09 Å².